The molecule has 72 valence electrons. The summed E-state index contributed by atoms with van der Waals surface area (Å²) in [7, 11) is -3.76. The molecule has 1 aromatic rings. The number of hydrogen-bond acceptors (Lipinski definition) is 4. The first-order valence-electron chi connectivity index (χ1n) is 3.08. The molecule has 0 bridgehead atoms. The highest BCUT2D eigenvalue weighted by atomic mass is 32.2. The fourth-order valence-corrected chi connectivity index (χ4v) is 1.40. The van der Waals surface area contributed by atoms with E-state index in [1.165, 1.54) is 0 Å². The van der Waals surface area contributed by atoms with Crippen molar-refractivity contribution < 1.29 is 18.3 Å². The first-order valence-corrected chi connectivity index (χ1v) is 4.93. The van der Waals surface area contributed by atoms with Crippen LogP contribution >= 0.6 is 0 Å². The second-order valence-electron chi connectivity index (χ2n) is 2.32. The van der Waals surface area contributed by atoms with Gasteiger partial charge in [0, 0.05) is 6.20 Å². The highest BCUT2D eigenvalue weighted by molar-refractivity contribution is 7.89. The summed E-state index contributed by atoms with van der Waals surface area (Å²) >= 11 is 0. The van der Waals surface area contributed by atoms with Gasteiger partial charge in [0.05, 0.1) is 6.26 Å². The van der Waals surface area contributed by atoms with Gasteiger partial charge in [0.25, 0.3) is 15.6 Å². The quantitative estimate of drug-likeness (QED) is 0.623. The molecular formula is C5H6N2O5S. The van der Waals surface area contributed by atoms with E-state index in [0.717, 1.165) is 12.5 Å². The van der Waals surface area contributed by atoms with Crippen LogP contribution in [0.1, 0.15) is 10.4 Å². The lowest BCUT2D eigenvalue weighted by atomic mass is 10.4. The lowest BCUT2D eigenvalue weighted by molar-refractivity contribution is 0.0695. The van der Waals surface area contributed by atoms with Gasteiger partial charge in [-0.1, -0.05) is 0 Å². The predicted octanol–water partition coefficient (Wildman–Crippen LogP) is -1.32. The topological polar surface area (TPSA) is 109 Å². The Morgan fingerprint density at radius 1 is 1.62 bits per heavy atom. The standard InChI is InChI=1S/C5H6N2O5S/c1-13(11,12)7-4(8)3(2-6-7)5(9)10/h2,6H,1H3,(H,9,10). The molecule has 0 saturated carbocycles. The van der Waals surface area contributed by atoms with Crippen LogP contribution in [0.2, 0.25) is 0 Å². The summed E-state index contributed by atoms with van der Waals surface area (Å²) in [5, 5.41) is 10.4. The number of rotatable bonds is 2. The van der Waals surface area contributed by atoms with Gasteiger partial charge >= 0.3 is 5.97 Å². The Labute approximate surface area is 72.6 Å². The molecule has 0 atom stereocenters. The van der Waals surface area contributed by atoms with Gasteiger partial charge in [-0.3, -0.25) is 9.89 Å². The highest BCUT2D eigenvalue weighted by Gasteiger charge is 2.17. The van der Waals surface area contributed by atoms with E-state index < -0.39 is 27.1 Å². The molecule has 0 aliphatic rings. The van der Waals surface area contributed by atoms with E-state index in [4.69, 9.17) is 5.11 Å². The van der Waals surface area contributed by atoms with Crippen LogP contribution < -0.4 is 5.56 Å². The maximum atomic E-state index is 11.0. The van der Waals surface area contributed by atoms with Crippen LogP contribution in [0, 0.1) is 0 Å². The van der Waals surface area contributed by atoms with Crippen LogP contribution in [0.4, 0.5) is 0 Å². The third-order valence-corrected chi connectivity index (χ3v) is 2.24. The molecule has 2 N–H and O–H groups in total. The van der Waals surface area contributed by atoms with Crippen LogP contribution in [-0.2, 0) is 10.0 Å². The first-order chi connectivity index (χ1) is 5.84. The summed E-state index contributed by atoms with van der Waals surface area (Å²) in [4.78, 5) is 21.4. The smallest absolute Gasteiger partial charge is 0.343 e. The van der Waals surface area contributed by atoms with Gasteiger partial charge in [0.2, 0.25) is 0 Å². The Kier molecular flexibility index (Phi) is 2.00. The van der Waals surface area contributed by atoms with E-state index in [1.54, 1.807) is 0 Å². The van der Waals surface area contributed by atoms with Gasteiger partial charge in [-0.05, 0) is 0 Å². The van der Waals surface area contributed by atoms with Crippen LogP contribution in [0.25, 0.3) is 0 Å². The minimum absolute atomic E-state index is 0.260. The molecule has 13 heavy (non-hydrogen) atoms. The van der Waals surface area contributed by atoms with Gasteiger partial charge < -0.3 is 5.11 Å². The van der Waals surface area contributed by atoms with Crippen molar-refractivity contribution in [3.05, 3.63) is 22.1 Å². The minimum Gasteiger partial charge on any atom is -0.477 e. The van der Waals surface area contributed by atoms with Crippen molar-refractivity contribution in [3.8, 4) is 0 Å². The zero-order valence-electron chi connectivity index (χ0n) is 6.51. The monoisotopic (exact) mass is 206 g/mol. The molecule has 0 aliphatic heterocycles. The molecular weight excluding hydrogens is 200 g/mol. The summed E-state index contributed by atoms with van der Waals surface area (Å²) in [6.07, 6.45) is 1.61. The largest absolute Gasteiger partial charge is 0.477 e. The SMILES string of the molecule is CS(=O)(=O)n1[nH]cc(C(=O)O)c1=O. The number of nitrogens with zero attached hydrogens (tertiary/aromatic N) is 1. The molecule has 1 heterocycles. The van der Waals surface area contributed by atoms with Gasteiger partial charge in [0.1, 0.15) is 5.56 Å². The zero-order chi connectivity index (χ0) is 10.2. The Bertz CT molecular complexity index is 493. The van der Waals surface area contributed by atoms with Crippen molar-refractivity contribution in [1.82, 2.24) is 9.19 Å². The number of nitrogens with one attached hydrogen (secondary N) is 1. The average Bonchev–Trinajstić information content (AvgIpc) is 2.28. The number of carboxylic acid groups (broad SMARTS) is 1. The van der Waals surface area contributed by atoms with E-state index in [-0.39, 0.29) is 4.09 Å². The van der Waals surface area contributed by atoms with Crippen LogP contribution in [0.3, 0.4) is 0 Å². The first kappa shape index (κ1) is 9.52. The molecule has 0 saturated heterocycles. The van der Waals surface area contributed by atoms with E-state index in [1.807, 2.05) is 5.10 Å². The molecule has 0 aromatic carbocycles. The molecule has 0 radical (unpaired) electrons. The summed E-state index contributed by atoms with van der Waals surface area (Å²) in [6.45, 7) is 0. The number of aromatic nitrogens is 2. The van der Waals surface area contributed by atoms with Crippen LogP contribution in [0.15, 0.2) is 11.0 Å². The lowest BCUT2D eigenvalue weighted by Crippen LogP contribution is -2.26. The number of aromatic carboxylic acids is 1. The predicted molar refractivity (Wildman–Crippen MR) is 42.3 cm³/mol. The van der Waals surface area contributed by atoms with Gasteiger partial charge in [-0.2, -0.15) is 0 Å². The van der Waals surface area contributed by atoms with E-state index in [9.17, 15) is 18.0 Å². The van der Waals surface area contributed by atoms with Crippen molar-refractivity contribution in [3.63, 3.8) is 0 Å². The fraction of sp³-hybridized carbons (Fsp3) is 0.200. The third-order valence-electron chi connectivity index (χ3n) is 1.30. The normalized spacial score (nSPS) is 11.5. The van der Waals surface area contributed by atoms with Gasteiger partial charge in [0.15, 0.2) is 0 Å². The van der Waals surface area contributed by atoms with E-state index in [2.05, 4.69) is 0 Å². The molecule has 0 unspecified atom stereocenters. The minimum atomic E-state index is -3.76. The summed E-state index contributed by atoms with van der Waals surface area (Å²) in [5.41, 5.74) is -1.69. The molecule has 0 amide bonds. The van der Waals surface area contributed by atoms with E-state index in [0.29, 0.717) is 0 Å². The Morgan fingerprint density at radius 2 is 2.15 bits per heavy atom. The second-order valence-corrected chi connectivity index (χ2v) is 4.16. The van der Waals surface area contributed by atoms with Crippen molar-refractivity contribution >= 4 is 16.0 Å². The summed E-state index contributed by atoms with van der Waals surface area (Å²) in [6, 6.07) is 0. The number of carbonyl (C=O) groups is 1. The second kappa shape index (κ2) is 2.73. The third kappa shape index (κ3) is 1.61. The maximum absolute atomic E-state index is 11.0. The van der Waals surface area contributed by atoms with Crippen molar-refractivity contribution in [2.45, 2.75) is 0 Å². The Morgan fingerprint density at radius 3 is 2.38 bits per heavy atom. The Hall–Kier alpha value is -1.57. The zero-order valence-corrected chi connectivity index (χ0v) is 7.33. The number of H-pyrrole nitrogens is 1. The number of hydrogen-bond donors (Lipinski definition) is 2. The van der Waals surface area contributed by atoms with Gasteiger partial charge in [-0.15, -0.1) is 4.09 Å². The molecule has 1 aromatic heterocycles. The molecule has 0 aliphatic carbocycles. The number of aromatic amines is 1. The van der Waals surface area contributed by atoms with Gasteiger partial charge in [-0.25, -0.2) is 13.2 Å². The van der Waals surface area contributed by atoms with Crippen LogP contribution in [0.5, 0.6) is 0 Å². The maximum Gasteiger partial charge on any atom is 0.343 e. The highest BCUT2D eigenvalue weighted by Crippen LogP contribution is 1.91. The Balaban J connectivity index is 3.49. The number of carboxylic acids is 1. The molecule has 0 fully saturated rings. The molecule has 7 nitrogen and oxygen atoms in total. The molecule has 1 rings (SSSR count). The molecule has 8 heteroatoms. The lowest BCUT2D eigenvalue weighted by Gasteiger charge is -1.93. The van der Waals surface area contributed by atoms with Crippen molar-refractivity contribution in [2.24, 2.45) is 0 Å². The van der Waals surface area contributed by atoms with Crippen LogP contribution in [-0.4, -0.2) is 34.9 Å². The summed E-state index contributed by atoms with van der Waals surface area (Å²) < 4.78 is 21.9. The van der Waals surface area contributed by atoms with E-state index >= 15 is 0 Å². The average molecular weight is 206 g/mol. The summed E-state index contributed by atoms with van der Waals surface area (Å²) in [5.74, 6) is -1.47. The van der Waals surface area contributed by atoms with Crippen molar-refractivity contribution in [2.75, 3.05) is 6.26 Å². The fourth-order valence-electron chi connectivity index (χ4n) is 0.753. The molecule has 0 spiro atoms. The van der Waals surface area contributed by atoms with Crippen molar-refractivity contribution in [1.29, 1.82) is 0 Å².